The van der Waals surface area contributed by atoms with Gasteiger partial charge in [0, 0.05) is 26.2 Å². The topological polar surface area (TPSA) is 58.4 Å². The monoisotopic (exact) mass is 299 g/mol. The second-order valence-electron chi connectivity index (χ2n) is 4.01. The van der Waals surface area contributed by atoms with Gasteiger partial charge < -0.3 is 14.7 Å². The van der Waals surface area contributed by atoms with Gasteiger partial charge in [-0.25, -0.2) is 0 Å². The number of hydrogen-bond acceptors (Lipinski definition) is 5. The zero-order valence-electron chi connectivity index (χ0n) is 10.6. The summed E-state index contributed by atoms with van der Waals surface area (Å²) in [5.74, 6) is 0.398. The molecule has 0 atom stereocenters. The van der Waals surface area contributed by atoms with Crippen LogP contribution in [0.5, 0.6) is 0 Å². The van der Waals surface area contributed by atoms with Crippen LogP contribution in [0, 0.1) is 0 Å². The standard InChI is InChI=1S/C12H14ClN3O2S/c1-14-5-6-16(2)12(17)8-7-9(18-15-8)10-3-4-11(13)19-10/h3-4,7,14H,5-6H2,1-2H3. The van der Waals surface area contributed by atoms with Crippen LogP contribution in [0.2, 0.25) is 4.34 Å². The number of carbonyl (C=O) groups excluding carboxylic acids is 1. The third kappa shape index (κ3) is 3.34. The Balaban J connectivity index is 2.10. The number of likely N-dealkylation sites (N-methyl/N-ethyl adjacent to an activating group) is 2. The molecule has 0 aliphatic carbocycles. The van der Waals surface area contributed by atoms with E-state index in [1.54, 1.807) is 24.1 Å². The lowest BCUT2D eigenvalue weighted by Crippen LogP contribution is -2.32. The zero-order valence-corrected chi connectivity index (χ0v) is 12.2. The molecule has 2 heterocycles. The molecule has 7 heteroatoms. The van der Waals surface area contributed by atoms with Crippen molar-refractivity contribution in [1.82, 2.24) is 15.4 Å². The third-order valence-corrected chi connectivity index (χ3v) is 3.83. The highest BCUT2D eigenvalue weighted by Crippen LogP contribution is 2.31. The summed E-state index contributed by atoms with van der Waals surface area (Å²) in [6.07, 6.45) is 0. The molecule has 2 rings (SSSR count). The largest absolute Gasteiger partial charge is 0.355 e. The van der Waals surface area contributed by atoms with Gasteiger partial charge in [-0.05, 0) is 19.2 Å². The molecule has 19 heavy (non-hydrogen) atoms. The Morgan fingerprint density at radius 3 is 3.00 bits per heavy atom. The normalized spacial score (nSPS) is 10.7. The van der Waals surface area contributed by atoms with E-state index in [-0.39, 0.29) is 5.91 Å². The predicted octanol–water partition coefficient (Wildman–Crippen LogP) is 2.35. The molecule has 5 nitrogen and oxygen atoms in total. The zero-order chi connectivity index (χ0) is 13.8. The van der Waals surface area contributed by atoms with Gasteiger partial charge in [0.1, 0.15) is 0 Å². The summed E-state index contributed by atoms with van der Waals surface area (Å²) in [6.45, 7) is 1.34. The third-order valence-electron chi connectivity index (χ3n) is 2.59. The number of thiophene rings is 1. The number of nitrogens with zero attached hydrogens (tertiary/aromatic N) is 2. The average molecular weight is 300 g/mol. The molecule has 0 bridgehead atoms. The van der Waals surface area contributed by atoms with Gasteiger partial charge in [-0.15, -0.1) is 11.3 Å². The first-order valence-corrected chi connectivity index (χ1v) is 6.93. The molecule has 0 fully saturated rings. The van der Waals surface area contributed by atoms with Crippen molar-refractivity contribution in [2.24, 2.45) is 0 Å². The van der Waals surface area contributed by atoms with Crippen molar-refractivity contribution < 1.29 is 9.32 Å². The van der Waals surface area contributed by atoms with E-state index in [1.165, 1.54) is 11.3 Å². The van der Waals surface area contributed by atoms with Gasteiger partial charge in [0.2, 0.25) is 0 Å². The molecule has 0 radical (unpaired) electrons. The van der Waals surface area contributed by atoms with Gasteiger partial charge in [-0.3, -0.25) is 4.79 Å². The molecule has 1 N–H and O–H groups in total. The van der Waals surface area contributed by atoms with Gasteiger partial charge in [-0.2, -0.15) is 0 Å². The van der Waals surface area contributed by atoms with E-state index in [0.717, 1.165) is 11.4 Å². The molecule has 2 aromatic heterocycles. The van der Waals surface area contributed by atoms with E-state index in [4.69, 9.17) is 16.1 Å². The summed E-state index contributed by atoms with van der Waals surface area (Å²) in [7, 11) is 3.57. The van der Waals surface area contributed by atoms with Crippen molar-refractivity contribution >= 4 is 28.8 Å². The van der Waals surface area contributed by atoms with Gasteiger partial charge in [0.25, 0.3) is 5.91 Å². The van der Waals surface area contributed by atoms with Crippen LogP contribution in [0.15, 0.2) is 22.7 Å². The van der Waals surface area contributed by atoms with Crippen LogP contribution in [0.1, 0.15) is 10.5 Å². The number of hydrogen-bond donors (Lipinski definition) is 1. The minimum absolute atomic E-state index is 0.159. The predicted molar refractivity (Wildman–Crippen MR) is 75.7 cm³/mol. The minimum atomic E-state index is -0.159. The van der Waals surface area contributed by atoms with Crippen molar-refractivity contribution in [3.05, 3.63) is 28.2 Å². The highest BCUT2D eigenvalue weighted by molar-refractivity contribution is 7.19. The number of nitrogens with one attached hydrogen (secondary N) is 1. The van der Waals surface area contributed by atoms with E-state index in [2.05, 4.69) is 10.5 Å². The molecule has 0 saturated carbocycles. The van der Waals surface area contributed by atoms with Gasteiger partial charge in [0.15, 0.2) is 11.5 Å². The highest BCUT2D eigenvalue weighted by Gasteiger charge is 2.17. The maximum Gasteiger partial charge on any atom is 0.275 e. The summed E-state index contributed by atoms with van der Waals surface area (Å²) >= 11 is 7.25. The summed E-state index contributed by atoms with van der Waals surface area (Å²) in [4.78, 5) is 14.5. The summed E-state index contributed by atoms with van der Waals surface area (Å²) < 4.78 is 5.85. The molecule has 2 aromatic rings. The highest BCUT2D eigenvalue weighted by atomic mass is 35.5. The maximum atomic E-state index is 12.1. The van der Waals surface area contributed by atoms with Gasteiger partial charge in [-0.1, -0.05) is 16.8 Å². The fourth-order valence-electron chi connectivity index (χ4n) is 1.52. The second-order valence-corrected chi connectivity index (χ2v) is 5.73. The van der Waals surface area contributed by atoms with Crippen LogP contribution in [0.25, 0.3) is 10.6 Å². The quantitative estimate of drug-likeness (QED) is 0.921. The van der Waals surface area contributed by atoms with E-state index in [0.29, 0.717) is 22.3 Å². The van der Waals surface area contributed by atoms with E-state index >= 15 is 0 Å². The number of aromatic nitrogens is 1. The Morgan fingerprint density at radius 1 is 1.58 bits per heavy atom. The fourth-order valence-corrected chi connectivity index (χ4v) is 2.51. The van der Waals surface area contributed by atoms with Crippen molar-refractivity contribution in [2.75, 3.05) is 27.2 Å². The number of amides is 1. The first kappa shape index (κ1) is 14.0. The van der Waals surface area contributed by atoms with E-state index in [9.17, 15) is 4.79 Å². The lowest BCUT2D eigenvalue weighted by atomic mass is 10.3. The van der Waals surface area contributed by atoms with Crippen molar-refractivity contribution in [2.45, 2.75) is 0 Å². The molecular weight excluding hydrogens is 286 g/mol. The molecule has 0 aliphatic rings. The number of rotatable bonds is 5. The molecule has 0 aliphatic heterocycles. The lowest BCUT2D eigenvalue weighted by molar-refractivity contribution is 0.0786. The molecule has 0 saturated heterocycles. The van der Waals surface area contributed by atoms with Gasteiger partial charge >= 0.3 is 0 Å². The first-order chi connectivity index (χ1) is 9.11. The Bertz CT molecular complexity index is 567. The van der Waals surface area contributed by atoms with Crippen LogP contribution < -0.4 is 5.32 Å². The van der Waals surface area contributed by atoms with Crippen LogP contribution in [0.4, 0.5) is 0 Å². The minimum Gasteiger partial charge on any atom is -0.355 e. The van der Waals surface area contributed by atoms with E-state index in [1.807, 2.05) is 13.1 Å². The maximum absolute atomic E-state index is 12.1. The van der Waals surface area contributed by atoms with Crippen LogP contribution in [-0.2, 0) is 0 Å². The smallest absolute Gasteiger partial charge is 0.275 e. The Morgan fingerprint density at radius 2 is 2.37 bits per heavy atom. The fraction of sp³-hybridized carbons (Fsp3) is 0.333. The average Bonchev–Trinajstić information content (AvgIpc) is 3.03. The van der Waals surface area contributed by atoms with Crippen LogP contribution in [0.3, 0.4) is 0 Å². The molecular formula is C12H14ClN3O2S. The Kier molecular flexibility index (Phi) is 4.57. The lowest BCUT2D eigenvalue weighted by Gasteiger charge is -2.14. The molecule has 0 aromatic carbocycles. The van der Waals surface area contributed by atoms with Crippen LogP contribution >= 0.6 is 22.9 Å². The number of carbonyl (C=O) groups is 1. The summed E-state index contributed by atoms with van der Waals surface area (Å²) in [5.41, 5.74) is 0.304. The second kappa shape index (κ2) is 6.18. The van der Waals surface area contributed by atoms with Crippen molar-refractivity contribution in [3.63, 3.8) is 0 Å². The Labute approximate surface area is 120 Å². The number of halogens is 1. The summed E-state index contributed by atoms with van der Waals surface area (Å²) in [6, 6.07) is 5.26. The SMILES string of the molecule is CNCCN(C)C(=O)c1cc(-c2ccc(Cl)s2)on1. The van der Waals surface area contributed by atoms with Crippen molar-refractivity contribution in [1.29, 1.82) is 0 Å². The summed E-state index contributed by atoms with van der Waals surface area (Å²) in [5, 5.41) is 6.80. The molecule has 0 spiro atoms. The molecule has 102 valence electrons. The van der Waals surface area contributed by atoms with Crippen molar-refractivity contribution in [3.8, 4) is 10.6 Å². The van der Waals surface area contributed by atoms with Crippen LogP contribution in [-0.4, -0.2) is 43.1 Å². The Hall–Kier alpha value is -1.37. The molecule has 0 unspecified atom stereocenters. The first-order valence-electron chi connectivity index (χ1n) is 5.74. The molecule has 1 amide bonds. The van der Waals surface area contributed by atoms with Gasteiger partial charge in [0.05, 0.1) is 9.21 Å². The van der Waals surface area contributed by atoms with E-state index < -0.39 is 0 Å².